The number of sulfonamides is 1. The van der Waals surface area contributed by atoms with Gasteiger partial charge in [0.25, 0.3) is 10.0 Å². The van der Waals surface area contributed by atoms with Crippen molar-refractivity contribution in [2.45, 2.75) is 24.8 Å². The Labute approximate surface area is 117 Å². The van der Waals surface area contributed by atoms with Crippen molar-refractivity contribution in [2.24, 2.45) is 0 Å². The molecular formula is C12H16N4O3S. The molecule has 2 rings (SSSR count). The summed E-state index contributed by atoms with van der Waals surface area (Å²) in [6.07, 6.45) is 4.84. The van der Waals surface area contributed by atoms with Gasteiger partial charge in [0.15, 0.2) is 0 Å². The van der Waals surface area contributed by atoms with Crippen molar-refractivity contribution >= 4 is 15.7 Å². The number of aliphatic hydroxyl groups excluding tert-OH is 1. The van der Waals surface area contributed by atoms with Gasteiger partial charge in [-0.3, -0.25) is 14.4 Å². The fourth-order valence-electron chi connectivity index (χ4n) is 1.63. The van der Waals surface area contributed by atoms with Gasteiger partial charge in [-0.1, -0.05) is 0 Å². The Hall–Kier alpha value is -1.93. The second-order valence-corrected chi connectivity index (χ2v) is 5.94. The van der Waals surface area contributed by atoms with Crippen LogP contribution in [0.4, 0.5) is 5.69 Å². The molecule has 2 N–H and O–H groups in total. The summed E-state index contributed by atoms with van der Waals surface area (Å²) in [5.74, 6) is 0. The van der Waals surface area contributed by atoms with E-state index in [4.69, 9.17) is 5.11 Å². The first kappa shape index (κ1) is 14.5. The molecule has 2 heterocycles. The molecule has 0 aliphatic rings. The van der Waals surface area contributed by atoms with E-state index in [1.54, 1.807) is 25.3 Å². The summed E-state index contributed by atoms with van der Waals surface area (Å²) in [7, 11) is -3.68. The van der Waals surface area contributed by atoms with Crippen molar-refractivity contribution in [1.29, 1.82) is 0 Å². The highest BCUT2D eigenvalue weighted by molar-refractivity contribution is 7.92. The Balaban J connectivity index is 2.18. The second kappa shape index (κ2) is 6.02. The molecule has 8 heteroatoms. The van der Waals surface area contributed by atoms with E-state index in [0.717, 1.165) is 0 Å². The first-order valence-electron chi connectivity index (χ1n) is 6.10. The van der Waals surface area contributed by atoms with Crippen LogP contribution < -0.4 is 4.72 Å². The smallest absolute Gasteiger partial charge is 0.265 e. The van der Waals surface area contributed by atoms with Gasteiger partial charge in [-0.2, -0.15) is 5.10 Å². The lowest BCUT2D eigenvalue weighted by Crippen LogP contribution is -2.13. The summed E-state index contributed by atoms with van der Waals surface area (Å²) in [6, 6.07) is 3.31. The molecule has 0 saturated heterocycles. The molecule has 2 aromatic rings. The molecule has 0 atom stereocenters. The number of rotatable bonds is 6. The molecule has 0 spiro atoms. The Morgan fingerprint density at radius 3 is 2.95 bits per heavy atom. The summed E-state index contributed by atoms with van der Waals surface area (Å²) < 4.78 is 28.4. The Morgan fingerprint density at radius 1 is 1.45 bits per heavy atom. The maximum absolute atomic E-state index is 12.2. The van der Waals surface area contributed by atoms with Crippen molar-refractivity contribution in [2.75, 3.05) is 11.3 Å². The molecule has 2 aromatic heterocycles. The average Bonchev–Trinajstić information content (AvgIpc) is 2.88. The van der Waals surface area contributed by atoms with E-state index in [9.17, 15) is 8.42 Å². The quantitative estimate of drug-likeness (QED) is 0.820. The predicted octanol–water partition coefficient (Wildman–Crippen LogP) is 0.770. The fourth-order valence-corrected chi connectivity index (χ4v) is 2.70. The van der Waals surface area contributed by atoms with Crippen LogP contribution in [-0.4, -0.2) is 34.9 Å². The van der Waals surface area contributed by atoms with Gasteiger partial charge in [0.05, 0.1) is 17.6 Å². The van der Waals surface area contributed by atoms with E-state index in [-0.39, 0.29) is 11.5 Å². The molecule has 0 bridgehead atoms. The third kappa shape index (κ3) is 3.34. The van der Waals surface area contributed by atoms with Crippen molar-refractivity contribution < 1.29 is 13.5 Å². The predicted molar refractivity (Wildman–Crippen MR) is 73.7 cm³/mol. The van der Waals surface area contributed by atoms with Crippen LogP contribution in [0.2, 0.25) is 0 Å². The summed E-state index contributed by atoms with van der Waals surface area (Å²) >= 11 is 0. The zero-order valence-electron chi connectivity index (χ0n) is 11.0. The van der Waals surface area contributed by atoms with E-state index >= 15 is 0 Å². The molecule has 0 fully saturated rings. The van der Waals surface area contributed by atoms with E-state index in [1.807, 2.05) is 0 Å². The third-order valence-electron chi connectivity index (χ3n) is 2.72. The lowest BCUT2D eigenvalue weighted by molar-refractivity contribution is 0.277. The summed E-state index contributed by atoms with van der Waals surface area (Å²) in [6.45, 7) is 2.23. The molecule has 20 heavy (non-hydrogen) atoms. The van der Waals surface area contributed by atoms with Gasteiger partial charge in [-0.15, -0.1) is 0 Å². The van der Waals surface area contributed by atoms with Gasteiger partial charge in [-0.05, 0) is 25.5 Å². The minimum Gasteiger partial charge on any atom is -0.396 e. The van der Waals surface area contributed by atoms with Crippen LogP contribution in [0.3, 0.4) is 0 Å². The zero-order valence-corrected chi connectivity index (χ0v) is 11.8. The molecule has 0 amide bonds. The number of pyridine rings is 1. The van der Waals surface area contributed by atoms with Crippen LogP contribution in [-0.2, 0) is 16.6 Å². The topological polar surface area (TPSA) is 97.1 Å². The van der Waals surface area contributed by atoms with E-state index in [1.165, 1.54) is 17.1 Å². The van der Waals surface area contributed by atoms with E-state index < -0.39 is 10.0 Å². The van der Waals surface area contributed by atoms with Crippen molar-refractivity contribution in [1.82, 2.24) is 14.8 Å². The molecule has 0 unspecified atom stereocenters. The van der Waals surface area contributed by atoms with Crippen LogP contribution in [0, 0.1) is 6.92 Å². The van der Waals surface area contributed by atoms with Crippen molar-refractivity contribution in [3.8, 4) is 0 Å². The minimum atomic E-state index is -3.68. The minimum absolute atomic E-state index is 0.0368. The van der Waals surface area contributed by atoms with Gasteiger partial charge in [0.2, 0.25) is 0 Å². The average molecular weight is 296 g/mol. The number of aryl methyl sites for hydroxylation is 2. The highest BCUT2D eigenvalue weighted by atomic mass is 32.2. The number of hydrogen-bond donors (Lipinski definition) is 2. The highest BCUT2D eigenvalue weighted by Crippen LogP contribution is 2.17. The maximum atomic E-state index is 12.2. The van der Waals surface area contributed by atoms with Gasteiger partial charge in [0.1, 0.15) is 4.90 Å². The summed E-state index contributed by atoms with van der Waals surface area (Å²) in [5.41, 5.74) is 1.04. The van der Waals surface area contributed by atoms with Crippen LogP contribution in [0.25, 0.3) is 0 Å². The molecule has 7 nitrogen and oxygen atoms in total. The Bertz CT molecular complexity index is 682. The number of aliphatic hydroxyl groups is 1. The van der Waals surface area contributed by atoms with E-state index in [0.29, 0.717) is 24.3 Å². The standard InChI is InChI=1S/C12H16N4O3S/c1-10-12(4-2-5-13-10)15-20(18,19)11-8-14-16(9-11)6-3-7-17/h2,4-5,8-9,15,17H,3,6-7H2,1H3. The SMILES string of the molecule is Cc1ncccc1NS(=O)(=O)c1cnn(CCCO)c1. The lowest BCUT2D eigenvalue weighted by atomic mass is 10.3. The second-order valence-electron chi connectivity index (χ2n) is 4.26. The molecule has 108 valence electrons. The number of aromatic nitrogens is 3. The van der Waals surface area contributed by atoms with E-state index in [2.05, 4.69) is 14.8 Å². The molecule has 0 aliphatic carbocycles. The van der Waals surface area contributed by atoms with Crippen molar-refractivity contribution in [3.05, 3.63) is 36.4 Å². The molecule has 0 radical (unpaired) electrons. The molecule has 0 saturated carbocycles. The van der Waals surface area contributed by atoms with Crippen LogP contribution in [0.5, 0.6) is 0 Å². The highest BCUT2D eigenvalue weighted by Gasteiger charge is 2.17. The number of hydrogen-bond acceptors (Lipinski definition) is 5. The van der Waals surface area contributed by atoms with Crippen LogP contribution in [0.1, 0.15) is 12.1 Å². The maximum Gasteiger partial charge on any atom is 0.265 e. The Kier molecular flexibility index (Phi) is 4.35. The fraction of sp³-hybridized carbons (Fsp3) is 0.333. The van der Waals surface area contributed by atoms with Gasteiger partial charge in [-0.25, -0.2) is 8.42 Å². The molecule has 0 aliphatic heterocycles. The first-order valence-corrected chi connectivity index (χ1v) is 7.59. The van der Waals surface area contributed by atoms with Gasteiger partial charge >= 0.3 is 0 Å². The monoisotopic (exact) mass is 296 g/mol. The lowest BCUT2D eigenvalue weighted by Gasteiger charge is -2.07. The van der Waals surface area contributed by atoms with Crippen LogP contribution in [0.15, 0.2) is 35.6 Å². The zero-order chi connectivity index (χ0) is 14.6. The number of anilines is 1. The van der Waals surface area contributed by atoms with Gasteiger partial charge in [0, 0.05) is 25.5 Å². The summed E-state index contributed by atoms with van der Waals surface area (Å²) in [4.78, 5) is 4.11. The largest absolute Gasteiger partial charge is 0.396 e. The number of nitrogens with one attached hydrogen (secondary N) is 1. The van der Waals surface area contributed by atoms with Gasteiger partial charge < -0.3 is 5.11 Å². The van der Waals surface area contributed by atoms with Crippen LogP contribution >= 0.6 is 0 Å². The van der Waals surface area contributed by atoms with Crippen molar-refractivity contribution in [3.63, 3.8) is 0 Å². The molecule has 0 aromatic carbocycles. The first-order chi connectivity index (χ1) is 9.53. The Morgan fingerprint density at radius 2 is 2.25 bits per heavy atom. The number of nitrogens with zero attached hydrogens (tertiary/aromatic N) is 3. The summed E-state index contributed by atoms with van der Waals surface area (Å²) in [5, 5.41) is 12.7. The third-order valence-corrected chi connectivity index (χ3v) is 4.04. The molecular weight excluding hydrogens is 280 g/mol. The normalized spacial score (nSPS) is 11.5.